The molecule has 10 heteroatoms. The van der Waals surface area contributed by atoms with Gasteiger partial charge in [-0.3, -0.25) is 13.9 Å². The van der Waals surface area contributed by atoms with E-state index >= 15 is 0 Å². The van der Waals surface area contributed by atoms with Crippen molar-refractivity contribution in [2.45, 2.75) is 12.7 Å². The number of hydrogen-bond donors (Lipinski definition) is 0. The molecule has 4 nitrogen and oxygen atoms in total. The molecule has 0 bridgehead atoms. The van der Waals surface area contributed by atoms with Gasteiger partial charge in [0, 0.05) is 13.1 Å². The lowest BCUT2D eigenvalue weighted by Crippen LogP contribution is -2.41. The highest BCUT2D eigenvalue weighted by atomic mass is 127. The maximum absolute atomic E-state index is 12.8. The molecule has 0 unspecified atom stereocenters. The minimum Gasteiger partial charge on any atom is -0.292 e. The number of hydrogen-bond acceptors (Lipinski definition) is 2. The van der Waals surface area contributed by atoms with Gasteiger partial charge in [0.2, 0.25) is 0 Å². The molecule has 0 atom stereocenters. The highest BCUT2D eigenvalue weighted by Gasteiger charge is 2.34. The number of aromatic nitrogens is 2. The van der Waals surface area contributed by atoms with Crippen LogP contribution in [0.3, 0.4) is 0 Å². The van der Waals surface area contributed by atoms with Crippen LogP contribution in [0.2, 0.25) is 10.0 Å². The van der Waals surface area contributed by atoms with E-state index in [-0.39, 0.29) is 6.54 Å². The van der Waals surface area contributed by atoms with Gasteiger partial charge in [0.25, 0.3) is 5.56 Å². The second-order valence-electron chi connectivity index (χ2n) is 4.67. The molecule has 0 radical (unpaired) electrons. The first-order valence-electron chi connectivity index (χ1n) is 6.04. The van der Waals surface area contributed by atoms with Crippen molar-refractivity contribution in [3.63, 3.8) is 0 Å². The first kappa shape index (κ1) is 18.3. The summed E-state index contributed by atoms with van der Waals surface area (Å²) in [6.07, 6.45) is -4.79. The molecule has 2 rings (SSSR count). The van der Waals surface area contributed by atoms with Crippen LogP contribution in [0.25, 0.3) is 0 Å². The lowest BCUT2D eigenvalue weighted by molar-refractivity contribution is -0.144. The van der Waals surface area contributed by atoms with Crippen molar-refractivity contribution in [1.29, 1.82) is 0 Å². The summed E-state index contributed by atoms with van der Waals surface area (Å²) >= 11 is 13.9. The van der Waals surface area contributed by atoms with E-state index in [4.69, 9.17) is 23.2 Å². The summed E-state index contributed by atoms with van der Waals surface area (Å²) in [7, 11) is 0.953. The van der Waals surface area contributed by atoms with E-state index in [0.29, 0.717) is 34.4 Å². The standard InChI is InChI=1S/C13H8Cl2F3IN2O2/c1-20-9(13(16,17)18)4-10(22)21(12(20)23)5-6-2-7(14)11(19)8(15)3-6/h2-4H,5H2,1H3. The molecule has 1 aromatic heterocycles. The minimum atomic E-state index is -4.79. The van der Waals surface area contributed by atoms with Crippen molar-refractivity contribution in [2.75, 3.05) is 0 Å². The van der Waals surface area contributed by atoms with E-state index in [2.05, 4.69) is 0 Å². The van der Waals surface area contributed by atoms with Crippen molar-refractivity contribution >= 4 is 45.8 Å². The summed E-state index contributed by atoms with van der Waals surface area (Å²) in [6.45, 7) is -0.236. The van der Waals surface area contributed by atoms with Crippen LogP contribution in [0.5, 0.6) is 0 Å². The molecule has 0 saturated heterocycles. The molecular formula is C13H8Cl2F3IN2O2. The Balaban J connectivity index is 2.57. The molecule has 0 aliphatic heterocycles. The molecule has 0 saturated carbocycles. The van der Waals surface area contributed by atoms with Gasteiger partial charge in [0.15, 0.2) is 0 Å². The molecule has 0 fully saturated rings. The molecule has 124 valence electrons. The molecule has 0 N–H and O–H groups in total. The third kappa shape index (κ3) is 3.74. The van der Waals surface area contributed by atoms with Crippen LogP contribution in [0.15, 0.2) is 27.8 Å². The Morgan fingerprint density at radius 2 is 1.65 bits per heavy atom. The molecule has 0 amide bonds. The maximum Gasteiger partial charge on any atom is 0.431 e. The van der Waals surface area contributed by atoms with E-state index in [1.54, 1.807) is 0 Å². The second-order valence-corrected chi connectivity index (χ2v) is 6.56. The van der Waals surface area contributed by atoms with Gasteiger partial charge in [-0.1, -0.05) is 23.2 Å². The largest absolute Gasteiger partial charge is 0.431 e. The Kier molecular flexibility index (Phi) is 5.17. The van der Waals surface area contributed by atoms with Crippen molar-refractivity contribution in [3.05, 3.63) is 63.9 Å². The zero-order valence-electron chi connectivity index (χ0n) is 11.4. The second kappa shape index (κ2) is 6.48. The third-order valence-corrected chi connectivity index (χ3v) is 5.48. The molecule has 0 aliphatic rings. The van der Waals surface area contributed by atoms with Gasteiger partial charge in [0.05, 0.1) is 20.2 Å². The number of alkyl halides is 3. The van der Waals surface area contributed by atoms with Gasteiger partial charge in [-0.25, -0.2) is 4.79 Å². The molecule has 0 spiro atoms. The van der Waals surface area contributed by atoms with Gasteiger partial charge in [-0.2, -0.15) is 13.2 Å². The predicted molar refractivity (Wildman–Crippen MR) is 89.2 cm³/mol. The van der Waals surface area contributed by atoms with Crippen molar-refractivity contribution in [3.8, 4) is 0 Å². The third-order valence-electron chi connectivity index (χ3n) is 3.08. The van der Waals surface area contributed by atoms with Crippen LogP contribution in [0.4, 0.5) is 13.2 Å². The van der Waals surface area contributed by atoms with Gasteiger partial charge < -0.3 is 0 Å². The van der Waals surface area contributed by atoms with Crippen LogP contribution in [0.1, 0.15) is 11.3 Å². The predicted octanol–water partition coefficient (Wildman–Crippen LogP) is 3.53. The van der Waals surface area contributed by atoms with Crippen LogP contribution < -0.4 is 11.2 Å². The van der Waals surface area contributed by atoms with Crippen molar-refractivity contribution in [1.82, 2.24) is 9.13 Å². The van der Waals surface area contributed by atoms with Gasteiger partial charge in [0.1, 0.15) is 5.69 Å². The topological polar surface area (TPSA) is 44.0 Å². The summed E-state index contributed by atoms with van der Waals surface area (Å²) < 4.78 is 40.0. The lowest BCUT2D eigenvalue weighted by atomic mass is 10.2. The van der Waals surface area contributed by atoms with Crippen LogP contribution in [0, 0.1) is 3.57 Å². The average Bonchev–Trinajstić information content (AvgIpc) is 2.43. The summed E-state index contributed by atoms with van der Waals surface area (Å²) in [6, 6.07) is 3.38. The van der Waals surface area contributed by atoms with E-state index < -0.39 is 23.1 Å². The van der Waals surface area contributed by atoms with Gasteiger partial charge in [-0.15, -0.1) is 0 Å². The molecule has 1 heterocycles. The van der Waals surface area contributed by atoms with Crippen molar-refractivity contribution < 1.29 is 13.2 Å². The zero-order chi connectivity index (χ0) is 17.5. The van der Waals surface area contributed by atoms with Crippen LogP contribution in [-0.2, 0) is 19.8 Å². The summed E-state index contributed by atoms with van der Waals surface area (Å²) in [5.41, 5.74) is -3.00. The fraction of sp³-hybridized carbons (Fsp3) is 0.231. The summed E-state index contributed by atoms with van der Waals surface area (Å²) in [5, 5.41) is 0.648. The fourth-order valence-electron chi connectivity index (χ4n) is 1.97. The molecule has 2 aromatic rings. The Hall–Kier alpha value is -1.000. The first-order chi connectivity index (χ1) is 10.5. The SMILES string of the molecule is Cn1c(C(F)(F)F)cc(=O)n(Cc2cc(Cl)c(I)c(Cl)c2)c1=O. The van der Waals surface area contributed by atoms with Crippen LogP contribution >= 0.6 is 45.8 Å². The number of benzene rings is 1. The molecule has 23 heavy (non-hydrogen) atoms. The first-order valence-corrected chi connectivity index (χ1v) is 7.87. The highest BCUT2D eigenvalue weighted by Crippen LogP contribution is 2.28. The molecule has 0 aliphatic carbocycles. The number of halogens is 6. The summed E-state index contributed by atoms with van der Waals surface area (Å²) in [4.78, 5) is 23.9. The Bertz CT molecular complexity index is 867. The number of rotatable bonds is 2. The Labute approximate surface area is 151 Å². The smallest absolute Gasteiger partial charge is 0.292 e. The lowest BCUT2D eigenvalue weighted by Gasteiger charge is -2.14. The minimum absolute atomic E-state index is 0.236. The highest BCUT2D eigenvalue weighted by molar-refractivity contribution is 14.1. The fourth-order valence-corrected chi connectivity index (χ4v) is 2.81. The van der Waals surface area contributed by atoms with Gasteiger partial charge >= 0.3 is 11.9 Å². The van der Waals surface area contributed by atoms with Crippen LogP contribution in [-0.4, -0.2) is 9.13 Å². The average molecular weight is 479 g/mol. The van der Waals surface area contributed by atoms with E-state index in [1.807, 2.05) is 22.6 Å². The van der Waals surface area contributed by atoms with Gasteiger partial charge in [-0.05, 0) is 40.3 Å². The molecule has 1 aromatic carbocycles. The van der Waals surface area contributed by atoms with E-state index in [0.717, 1.165) is 7.05 Å². The maximum atomic E-state index is 12.8. The van der Waals surface area contributed by atoms with Crippen molar-refractivity contribution in [2.24, 2.45) is 7.05 Å². The monoisotopic (exact) mass is 478 g/mol. The molecular weight excluding hydrogens is 471 g/mol. The van der Waals surface area contributed by atoms with E-state index in [9.17, 15) is 22.8 Å². The summed E-state index contributed by atoms with van der Waals surface area (Å²) in [5.74, 6) is 0. The van der Waals surface area contributed by atoms with E-state index in [1.165, 1.54) is 12.1 Å². The Morgan fingerprint density at radius 1 is 1.13 bits per heavy atom. The number of nitrogens with zero attached hydrogens (tertiary/aromatic N) is 2. The quantitative estimate of drug-likeness (QED) is 0.489. The normalized spacial score (nSPS) is 11.8. The Morgan fingerprint density at radius 3 is 2.13 bits per heavy atom. The zero-order valence-corrected chi connectivity index (χ0v) is 15.1.